The van der Waals surface area contributed by atoms with Crippen LogP contribution in [-0.4, -0.2) is 17.1 Å². The summed E-state index contributed by atoms with van der Waals surface area (Å²) in [7, 11) is 1.66. The molecule has 3 nitrogen and oxygen atoms in total. The predicted molar refractivity (Wildman–Crippen MR) is 86.5 cm³/mol. The fourth-order valence-electron chi connectivity index (χ4n) is 2.04. The first-order valence-corrected chi connectivity index (χ1v) is 6.86. The molecule has 104 valence electrons. The predicted octanol–water partition coefficient (Wildman–Crippen LogP) is 4.46. The van der Waals surface area contributed by atoms with Gasteiger partial charge in [0.15, 0.2) is 0 Å². The SMILES string of the molecule is COc1ccc2nc(/C=C/c3ccncc3Cl)ccc2c1. The number of ether oxygens (including phenoxy) is 1. The normalized spacial score (nSPS) is 11.1. The number of methoxy groups -OCH3 is 1. The third kappa shape index (κ3) is 3.03. The molecule has 0 atom stereocenters. The monoisotopic (exact) mass is 296 g/mol. The summed E-state index contributed by atoms with van der Waals surface area (Å²) in [5, 5.41) is 1.67. The molecule has 0 saturated heterocycles. The molecule has 0 aliphatic heterocycles. The van der Waals surface area contributed by atoms with Gasteiger partial charge in [-0.15, -0.1) is 0 Å². The average molecular weight is 297 g/mol. The van der Waals surface area contributed by atoms with Crippen LogP contribution in [0.15, 0.2) is 48.8 Å². The van der Waals surface area contributed by atoms with E-state index in [1.807, 2.05) is 48.6 Å². The van der Waals surface area contributed by atoms with Gasteiger partial charge in [0.1, 0.15) is 5.75 Å². The summed E-state index contributed by atoms with van der Waals surface area (Å²) < 4.78 is 5.21. The van der Waals surface area contributed by atoms with E-state index >= 15 is 0 Å². The third-order valence-electron chi connectivity index (χ3n) is 3.16. The number of fused-ring (bicyclic) bond motifs is 1. The molecule has 21 heavy (non-hydrogen) atoms. The van der Waals surface area contributed by atoms with Gasteiger partial charge in [0.05, 0.1) is 23.3 Å². The van der Waals surface area contributed by atoms with E-state index in [0.29, 0.717) is 5.02 Å². The Labute approximate surface area is 127 Å². The number of benzene rings is 1. The van der Waals surface area contributed by atoms with Crippen LogP contribution in [-0.2, 0) is 0 Å². The summed E-state index contributed by atoms with van der Waals surface area (Å²) in [6, 6.07) is 11.7. The van der Waals surface area contributed by atoms with Gasteiger partial charge >= 0.3 is 0 Å². The van der Waals surface area contributed by atoms with Crippen molar-refractivity contribution < 1.29 is 4.74 Å². The Hall–Kier alpha value is -2.39. The Kier molecular flexibility index (Phi) is 3.84. The minimum Gasteiger partial charge on any atom is -0.497 e. The van der Waals surface area contributed by atoms with Crippen LogP contribution in [0.25, 0.3) is 23.1 Å². The molecule has 3 rings (SSSR count). The van der Waals surface area contributed by atoms with E-state index in [2.05, 4.69) is 9.97 Å². The summed E-state index contributed by atoms with van der Waals surface area (Å²) in [4.78, 5) is 8.56. The molecule has 0 radical (unpaired) electrons. The van der Waals surface area contributed by atoms with Gasteiger partial charge in [0, 0.05) is 17.8 Å². The zero-order chi connectivity index (χ0) is 14.7. The second-order valence-electron chi connectivity index (χ2n) is 4.53. The van der Waals surface area contributed by atoms with E-state index in [1.165, 1.54) is 0 Å². The summed E-state index contributed by atoms with van der Waals surface area (Å²) in [5.41, 5.74) is 2.72. The smallest absolute Gasteiger partial charge is 0.119 e. The van der Waals surface area contributed by atoms with E-state index < -0.39 is 0 Å². The minimum absolute atomic E-state index is 0.624. The van der Waals surface area contributed by atoms with Crippen molar-refractivity contribution in [1.29, 1.82) is 0 Å². The maximum atomic E-state index is 6.07. The molecular weight excluding hydrogens is 284 g/mol. The Bertz CT molecular complexity index is 815. The first-order valence-electron chi connectivity index (χ1n) is 6.49. The van der Waals surface area contributed by atoms with E-state index in [-0.39, 0.29) is 0 Å². The van der Waals surface area contributed by atoms with Crippen molar-refractivity contribution >= 4 is 34.7 Å². The average Bonchev–Trinajstić information content (AvgIpc) is 2.53. The number of halogens is 1. The van der Waals surface area contributed by atoms with Gasteiger partial charge in [0.25, 0.3) is 0 Å². The number of hydrogen-bond donors (Lipinski definition) is 0. The molecule has 0 aliphatic carbocycles. The lowest BCUT2D eigenvalue weighted by Crippen LogP contribution is -1.86. The van der Waals surface area contributed by atoms with Crippen molar-refractivity contribution in [3.63, 3.8) is 0 Å². The number of nitrogens with zero attached hydrogens (tertiary/aromatic N) is 2. The van der Waals surface area contributed by atoms with Gasteiger partial charge in [-0.2, -0.15) is 0 Å². The molecule has 1 aromatic carbocycles. The first-order chi connectivity index (χ1) is 10.3. The Morgan fingerprint density at radius 1 is 1.10 bits per heavy atom. The number of rotatable bonds is 3. The summed E-state index contributed by atoms with van der Waals surface area (Å²) >= 11 is 6.07. The van der Waals surface area contributed by atoms with E-state index in [4.69, 9.17) is 16.3 Å². The molecule has 2 heterocycles. The van der Waals surface area contributed by atoms with E-state index in [1.54, 1.807) is 19.5 Å². The zero-order valence-corrected chi connectivity index (χ0v) is 12.2. The van der Waals surface area contributed by atoms with Crippen LogP contribution in [0.3, 0.4) is 0 Å². The molecule has 3 aromatic rings. The Balaban J connectivity index is 1.93. The van der Waals surface area contributed by atoms with E-state index in [9.17, 15) is 0 Å². The molecule has 0 amide bonds. The highest BCUT2D eigenvalue weighted by Gasteiger charge is 1.99. The molecule has 2 aromatic heterocycles. The van der Waals surface area contributed by atoms with Crippen LogP contribution in [0.5, 0.6) is 5.75 Å². The molecule has 0 aliphatic rings. The fourth-order valence-corrected chi connectivity index (χ4v) is 2.22. The number of aromatic nitrogens is 2. The quantitative estimate of drug-likeness (QED) is 0.715. The highest BCUT2D eigenvalue weighted by molar-refractivity contribution is 6.32. The molecule has 0 fully saturated rings. The minimum atomic E-state index is 0.624. The van der Waals surface area contributed by atoms with Crippen LogP contribution in [0.4, 0.5) is 0 Å². The maximum Gasteiger partial charge on any atom is 0.119 e. The lowest BCUT2D eigenvalue weighted by atomic mass is 10.1. The molecular formula is C17H13ClN2O. The van der Waals surface area contributed by atoms with Gasteiger partial charge in [-0.05, 0) is 42.0 Å². The first kappa shape index (κ1) is 13.6. The lowest BCUT2D eigenvalue weighted by molar-refractivity contribution is 0.415. The van der Waals surface area contributed by atoms with Gasteiger partial charge in [0.2, 0.25) is 0 Å². The van der Waals surface area contributed by atoms with Crippen LogP contribution in [0, 0.1) is 0 Å². The Morgan fingerprint density at radius 3 is 2.81 bits per heavy atom. The second-order valence-corrected chi connectivity index (χ2v) is 4.93. The number of hydrogen-bond acceptors (Lipinski definition) is 3. The molecule has 0 unspecified atom stereocenters. The molecule has 0 saturated carbocycles. The summed E-state index contributed by atoms with van der Waals surface area (Å²) in [6.07, 6.45) is 7.21. The third-order valence-corrected chi connectivity index (χ3v) is 3.47. The van der Waals surface area contributed by atoms with Gasteiger partial charge < -0.3 is 4.74 Å². The summed E-state index contributed by atoms with van der Waals surface area (Å²) in [5.74, 6) is 0.830. The van der Waals surface area contributed by atoms with Gasteiger partial charge in [-0.3, -0.25) is 4.98 Å². The molecule has 0 bridgehead atoms. The van der Waals surface area contributed by atoms with Gasteiger partial charge in [-0.1, -0.05) is 23.7 Å². The van der Waals surface area contributed by atoms with Crippen molar-refractivity contribution in [2.75, 3.05) is 7.11 Å². The zero-order valence-electron chi connectivity index (χ0n) is 11.5. The molecule has 0 spiro atoms. The van der Waals surface area contributed by atoms with Crippen molar-refractivity contribution in [1.82, 2.24) is 9.97 Å². The lowest BCUT2D eigenvalue weighted by Gasteiger charge is -2.03. The van der Waals surface area contributed by atoms with Crippen molar-refractivity contribution in [3.05, 3.63) is 65.1 Å². The molecule has 0 N–H and O–H groups in total. The topological polar surface area (TPSA) is 35.0 Å². The second kappa shape index (κ2) is 5.94. The van der Waals surface area contributed by atoms with Crippen molar-refractivity contribution in [2.24, 2.45) is 0 Å². The molecule has 4 heteroatoms. The van der Waals surface area contributed by atoms with Crippen LogP contribution in [0.1, 0.15) is 11.3 Å². The van der Waals surface area contributed by atoms with Crippen LogP contribution < -0.4 is 4.74 Å². The highest BCUT2D eigenvalue weighted by Crippen LogP contribution is 2.21. The van der Waals surface area contributed by atoms with Crippen molar-refractivity contribution in [2.45, 2.75) is 0 Å². The van der Waals surface area contributed by atoms with Crippen LogP contribution >= 0.6 is 11.6 Å². The van der Waals surface area contributed by atoms with Crippen LogP contribution in [0.2, 0.25) is 5.02 Å². The highest BCUT2D eigenvalue weighted by atomic mass is 35.5. The fraction of sp³-hybridized carbons (Fsp3) is 0.0588. The standard InChI is InChI=1S/C17H13ClN2O/c1-21-15-6-7-17-13(10-15)3-5-14(20-17)4-2-12-8-9-19-11-16(12)18/h2-11H,1H3/b4-2+. The maximum absolute atomic E-state index is 6.07. The van der Waals surface area contributed by atoms with Crippen molar-refractivity contribution in [3.8, 4) is 5.75 Å². The summed E-state index contributed by atoms with van der Waals surface area (Å²) in [6.45, 7) is 0. The van der Waals surface area contributed by atoms with Gasteiger partial charge in [-0.25, -0.2) is 4.98 Å². The van der Waals surface area contributed by atoms with E-state index in [0.717, 1.165) is 27.9 Å². The number of pyridine rings is 2. The Morgan fingerprint density at radius 2 is 2.00 bits per heavy atom. The largest absolute Gasteiger partial charge is 0.497 e.